The third-order valence-electron chi connectivity index (χ3n) is 2.37. The summed E-state index contributed by atoms with van der Waals surface area (Å²) < 4.78 is 18.2. The zero-order valence-corrected chi connectivity index (χ0v) is 9.66. The van der Waals surface area contributed by atoms with Gasteiger partial charge in [-0.05, 0) is 37.2 Å². The van der Waals surface area contributed by atoms with Gasteiger partial charge in [-0.15, -0.1) is 0 Å². The summed E-state index contributed by atoms with van der Waals surface area (Å²) in [6.07, 6.45) is 0.721. The smallest absolute Gasteiger partial charge is 0.123 e. The van der Waals surface area contributed by atoms with Crippen molar-refractivity contribution in [3.63, 3.8) is 0 Å². The number of hydrogen-bond acceptors (Lipinski definition) is 4. The number of halogens is 1. The van der Waals surface area contributed by atoms with Crippen LogP contribution < -0.4 is 16.0 Å². The number of hydrazine groups is 1. The summed E-state index contributed by atoms with van der Waals surface area (Å²) in [7, 11) is 3.52. The van der Waals surface area contributed by atoms with Gasteiger partial charge in [0.05, 0.1) is 13.8 Å². The maximum Gasteiger partial charge on any atom is 0.123 e. The van der Waals surface area contributed by atoms with E-state index in [-0.39, 0.29) is 5.82 Å². The first-order chi connectivity index (χ1) is 7.67. The quantitative estimate of drug-likeness (QED) is 0.427. The zero-order chi connectivity index (χ0) is 12.0. The molecule has 0 amide bonds. The molecule has 0 heterocycles. The molecule has 3 N–H and O–H groups in total. The highest BCUT2D eigenvalue weighted by Crippen LogP contribution is 2.19. The zero-order valence-electron chi connectivity index (χ0n) is 9.66. The molecule has 0 saturated carbocycles. The van der Waals surface area contributed by atoms with Crippen LogP contribution in [0.2, 0.25) is 0 Å². The molecule has 1 aromatic carbocycles. The van der Waals surface area contributed by atoms with Crippen molar-refractivity contribution in [1.82, 2.24) is 10.3 Å². The monoisotopic (exact) mass is 227 g/mol. The van der Waals surface area contributed by atoms with Crippen LogP contribution in [0.5, 0.6) is 5.75 Å². The van der Waals surface area contributed by atoms with Gasteiger partial charge in [-0.25, -0.2) is 9.82 Å². The van der Waals surface area contributed by atoms with E-state index >= 15 is 0 Å². The van der Waals surface area contributed by atoms with Crippen molar-refractivity contribution >= 4 is 0 Å². The van der Waals surface area contributed by atoms with Crippen LogP contribution in [0.3, 0.4) is 0 Å². The second-order valence-electron chi connectivity index (χ2n) is 3.65. The number of likely N-dealkylation sites (N-methyl/N-ethyl adjacent to an activating group) is 1. The fraction of sp³-hybridized carbons (Fsp3) is 0.455. The van der Waals surface area contributed by atoms with E-state index < -0.39 is 0 Å². The SMILES string of the molecule is COc1ccc(F)cc1CCN(C)CNN. The van der Waals surface area contributed by atoms with Crippen molar-refractivity contribution < 1.29 is 9.13 Å². The number of methoxy groups -OCH3 is 1. The van der Waals surface area contributed by atoms with Crippen LogP contribution in [0.25, 0.3) is 0 Å². The summed E-state index contributed by atoms with van der Waals surface area (Å²) in [6, 6.07) is 4.54. The maximum absolute atomic E-state index is 13.1. The van der Waals surface area contributed by atoms with Crippen LogP contribution in [0, 0.1) is 5.82 Å². The second kappa shape index (κ2) is 6.42. The minimum absolute atomic E-state index is 0.240. The summed E-state index contributed by atoms with van der Waals surface area (Å²) in [5, 5.41) is 0. The highest BCUT2D eigenvalue weighted by Gasteiger charge is 2.05. The Kier molecular flexibility index (Phi) is 5.18. The van der Waals surface area contributed by atoms with Crippen molar-refractivity contribution in [1.29, 1.82) is 0 Å². The van der Waals surface area contributed by atoms with E-state index in [1.807, 2.05) is 11.9 Å². The summed E-state index contributed by atoms with van der Waals surface area (Å²) in [4.78, 5) is 2.00. The molecule has 0 bridgehead atoms. The summed E-state index contributed by atoms with van der Waals surface area (Å²) in [5.74, 6) is 5.68. The first-order valence-electron chi connectivity index (χ1n) is 5.11. The van der Waals surface area contributed by atoms with Gasteiger partial charge in [0.15, 0.2) is 0 Å². The first kappa shape index (κ1) is 12.9. The van der Waals surface area contributed by atoms with Crippen molar-refractivity contribution in [3.05, 3.63) is 29.6 Å². The molecule has 90 valence electrons. The van der Waals surface area contributed by atoms with Gasteiger partial charge in [0.1, 0.15) is 11.6 Å². The van der Waals surface area contributed by atoms with Crippen LogP contribution in [-0.2, 0) is 6.42 Å². The minimum atomic E-state index is -0.240. The van der Waals surface area contributed by atoms with Crippen LogP contribution in [0.1, 0.15) is 5.56 Å². The molecule has 5 heteroatoms. The molecule has 1 rings (SSSR count). The number of nitrogens with zero attached hydrogens (tertiary/aromatic N) is 1. The average molecular weight is 227 g/mol. The van der Waals surface area contributed by atoms with Crippen LogP contribution in [-0.4, -0.2) is 32.3 Å². The fourth-order valence-electron chi connectivity index (χ4n) is 1.49. The van der Waals surface area contributed by atoms with Crippen LogP contribution in [0.15, 0.2) is 18.2 Å². The van der Waals surface area contributed by atoms with Gasteiger partial charge in [0, 0.05) is 6.54 Å². The van der Waals surface area contributed by atoms with Crippen LogP contribution >= 0.6 is 0 Å². The lowest BCUT2D eigenvalue weighted by atomic mass is 10.1. The third-order valence-corrected chi connectivity index (χ3v) is 2.37. The Morgan fingerprint density at radius 3 is 2.88 bits per heavy atom. The Balaban J connectivity index is 2.61. The van der Waals surface area contributed by atoms with Crippen LogP contribution in [0.4, 0.5) is 4.39 Å². The Labute approximate surface area is 95.2 Å². The number of ether oxygens (including phenoxy) is 1. The molecule has 0 aromatic heterocycles. The molecule has 0 aliphatic heterocycles. The number of hydrogen-bond donors (Lipinski definition) is 2. The number of benzene rings is 1. The molecular formula is C11H18FN3O. The Morgan fingerprint density at radius 1 is 1.50 bits per heavy atom. The average Bonchev–Trinajstić information content (AvgIpc) is 2.27. The second-order valence-corrected chi connectivity index (χ2v) is 3.65. The maximum atomic E-state index is 13.1. The van der Waals surface area contributed by atoms with E-state index in [1.165, 1.54) is 12.1 Å². The lowest BCUT2D eigenvalue weighted by Crippen LogP contribution is -2.36. The predicted molar refractivity (Wildman–Crippen MR) is 61.5 cm³/mol. The Bertz CT molecular complexity index is 333. The molecular weight excluding hydrogens is 209 g/mol. The van der Waals surface area contributed by atoms with E-state index in [0.29, 0.717) is 6.67 Å². The topological polar surface area (TPSA) is 50.5 Å². The minimum Gasteiger partial charge on any atom is -0.496 e. The van der Waals surface area contributed by atoms with Crippen molar-refractivity contribution in [2.45, 2.75) is 6.42 Å². The summed E-state index contributed by atoms with van der Waals surface area (Å²) in [6.45, 7) is 1.38. The molecule has 0 unspecified atom stereocenters. The van der Waals surface area contributed by atoms with Crippen molar-refractivity contribution in [2.24, 2.45) is 5.84 Å². The fourth-order valence-corrected chi connectivity index (χ4v) is 1.49. The molecule has 0 fully saturated rings. The standard InChI is InChI=1S/C11H18FN3O/c1-15(8-14-13)6-5-9-7-10(12)3-4-11(9)16-2/h3-4,7,14H,5-6,8,13H2,1-2H3. The summed E-state index contributed by atoms with van der Waals surface area (Å²) in [5.41, 5.74) is 3.43. The largest absolute Gasteiger partial charge is 0.496 e. The van der Waals surface area contributed by atoms with E-state index in [0.717, 1.165) is 24.3 Å². The molecule has 0 atom stereocenters. The van der Waals surface area contributed by atoms with Gasteiger partial charge < -0.3 is 4.74 Å². The molecule has 4 nitrogen and oxygen atoms in total. The highest BCUT2D eigenvalue weighted by atomic mass is 19.1. The van der Waals surface area contributed by atoms with Gasteiger partial charge >= 0.3 is 0 Å². The van der Waals surface area contributed by atoms with Gasteiger partial charge in [0.25, 0.3) is 0 Å². The highest BCUT2D eigenvalue weighted by molar-refractivity contribution is 5.34. The van der Waals surface area contributed by atoms with E-state index in [9.17, 15) is 4.39 Å². The first-order valence-corrected chi connectivity index (χ1v) is 5.11. The summed E-state index contributed by atoms with van der Waals surface area (Å²) >= 11 is 0. The van der Waals surface area contributed by atoms with E-state index in [2.05, 4.69) is 5.43 Å². The predicted octanol–water partition coefficient (Wildman–Crippen LogP) is 0.729. The molecule has 0 saturated heterocycles. The van der Waals surface area contributed by atoms with Gasteiger partial charge in [-0.2, -0.15) is 0 Å². The van der Waals surface area contributed by atoms with Crippen molar-refractivity contribution in [2.75, 3.05) is 27.4 Å². The number of nitrogens with two attached hydrogens (primary N) is 1. The normalized spacial score (nSPS) is 10.8. The third kappa shape index (κ3) is 3.77. The molecule has 0 aliphatic carbocycles. The Morgan fingerprint density at radius 2 is 2.25 bits per heavy atom. The van der Waals surface area contributed by atoms with E-state index in [4.69, 9.17) is 10.6 Å². The Hall–Kier alpha value is -1.17. The molecule has 16 heavy (non-hydrogen) atoms. The van der Waals surface area contributed by atoms with Gasteiger partial charge in [0.2, 0.25) is 0 Å². The van der Waals surface area contributed by atoms with E-state index in [1.54, 1.807) is 13.2 Å². The number of rotatable bonds is 6. The molecule has 0 radical (unpaired) electrons. The lowest BCUT2D eigenvalue weighted by Gasteiger charge is -2.16. The molecule has 0 spiro atoms. The molecule has 1 aromatic rings. The van der Waals surface area contributed by atoms with Gasteiger partial charge in [-0.3, -0.25) is 10.7 Å². The molecule has 0 aliphatic rings. The lowest BCUT2D eigenvalue weighted by molar-refractivity contribution is 0.310. The number of nitrogens with one attached hydrogen (secondary N) is 1. The van der Waals surface area contributed by atoms with Crippen molar-refractivity contribution in [3.8, 4) is 5.75 Å². The van der Waals surface area contributed by atoms with Gasteiger partial charge in [-0.1, -0.05) is 0 Å².